The Bertz CT molecular complexity index is 2840. The normalized spacial score (nSPS) is 12.2. The molecular weight excluding hydrogens is 647 g/mol. The Balaban J connectivity index is 1.43. The molecule has 0 unspecified atom stereocenters. The van der Waals surface area contributed by atoms with Crippen molar-refractivity contribution in [2.75, 3.05) is 0 Å². The van der Waals surface area contributed by atoms with Crippen LogP contribution in [-0.4, -0.2) is 24.9 Å². The van der Waals surface area contributed by atoms with Crippen molar-refractivity contribution in [1.82, 2.24) is 24.9 Å². The predicted molar refractivity (Wildman–Crippen MR) is 219 cm³/mol. The van der Waals surface area contributed by atoms with Crippen LogP contribution < -0.4 is 0 Å². The van der Waals surface area contributed by atoms with E-state index in [0.717, 1.165) is 101 Å². The van der Waals surface area contributed by atoms with Crippen LogP contribution in [0.3, 0.4) is 0 Å². The predicted octanol–water partition coefficient (Wildman–Crippen LogP) is 12.1. The molecule has 10 rings (SSSR count). The van der Waals surface area contributed by atoms with Gasteiger partial charge in [-0.3, -0.25) is 0 Å². The van der Waals surface area contributed by atoms with Gasteiger partial charge in [-0.15, -0.1) is 0 Å². The third-order valence-corrected chi connectivity index (χ3v) is 10.0. The van der Waals surface area contributed by atoms with Gasteiger partial charge in [-0.25, -0.2) is 9.97 Å². The molecule has 0 amide bonds. The molecule has 0 atom stereocenters. The zero-order chi connectivity index (χ0) is 35.1. The van der Waals surface area contributed by atoms with Gasteiger partial charge in [-0.1, -0.05) is 121 Å². The van der Waals surface area contributed by atoms with Gasteiger partial charge in [0.1, 0.15) is 0 Å². The Morgan fingerprint density at radius 3 is 1.21 bits per heavy atom. The van der Waals surface area contributed by atoms with Crippen molar-refractivity contribution in [3.63, 3.8) is 0 Å². The second-order valence-corrected chi connectivity index (χ2v) is 13.2. The van der Waals surface area contributed by atoms with Gasteiger partial charge in [0, 0.05) is 61.8 Å². The van der Waals surface area contributed by atoms with E-state index in [1.165, 1.54) is 0 Å². The summed E-state index contributed by atoms with van der Waals surface area (Å²) in [6.45, 7) is 0. The molecule has 3 N–H and O–H groups in total. The highest BCUT2D eigenvalue weighted by atomic mass is 14.8. The van der Waals surface area contributed by atoms with Gasteiger partial charge in [0.2, 0.25) is 0 Å². The lowest BCUT2D eigenvalue weighted by molar-refractivity contribution is 1.29. The SMILES string of the molecule is C1=Cc2nc1c(-c1ccccc1)c1ccc([nH]1)c(-c1ccccc1)c1nc(c(-c3ccccc3)c3ccc([nH]3)c2-c2ccccc2)C(c2ccc[nH]2)=C1. The van der Waals surface area contributed by atoms with Crippen molar-refractivity contribution in [3.05, 3.63) is 192 Å². The Morgan fingerprint density at radius 1 is 0.358 bits per heavy atom. The standard InChI is InChI=1S/C48H33N5/c1-5-14-31(15-6-1)44-37-23-24-38(50-37)45(32-16-7-2-8-17-32)40-27-28-42(52-40)47(34-20-11-4-12-21-34)48-35(36-22-13-29-49-36)30-43(53-48)46(33-18-9-3-10-19-33)41-26-25-39(44)51-41/h1-30,49,51-52H. The lowest BCUT2D eigenvalue weighted by Crippen LogP contribution is -1.92. The molecule has 53 heavy (non-hydrogen) atoms. The summed E-state index contributed by atoms with van der Waals surface area (Å²) in [5, 5.41) is 0. The maximum absolute atomic E-state index is 5.58. The van der Waals surface area contributed by atoms with Crippen LogP contribution in [-0.2, 0) is 0 Å². The molecular formula is C48H33N5. The molecule has 2 aliphatic heterocycles. The number of nitrogens with zero attached hydrogens (tertiary/aromatic N) is 2. The van der Waals surface area contributed by atoms with E-state index in [9.17, 15) is 0 Å². The molecule has 0 spiro atoms. The smallest absolute Gasteiger partial charge is 0.0830 e. The van der Waals surface area contributed by atoms with Crippen molar-refractivity contribution in [2.45, 2.75) is 0 Å². The van der Waals surface area contributed by atoms with E-state index >= 15 is 0 Å². The molecule has 2 aliphatic rings. The van der Waals surface area contributed by atoms with Crippen molar-refractivity contribution >= 4 is 45.9 Å². The molecule has 250 valence electrons. The van der Waals surface area contributed by atoms with Crippen molar-refractivity contribution in [2.24, 2.45) is 0 Å². The highest BCUT2D eigenvalue weighted by Gasteiger charge is 2.23. The molecule has 4 aromatic heterocycles. The molecule has 5 nitrogen and oxygen atoms in total. The van der Waals surface area contributed by atoms with Crippen LogP contribution in [0.25, 0.3) is 90.4 Å². The monoisotopic (exact) mass is 679 g/mol. The number of H-pyrrole nitrogens is 3. The van der Waals surface area contributed by atoms with Crippen LogP contribution in [0.1, 0.15) is 28.5 Å². The summed E-state index contributed by atoms with van der Waals surface area (Å²) in [6, 6.07) is 55.0. The van der Waals surface area contributed by atoms with Gasteiger partial charge in [-0.2, -0.15) is 0 Å². The largest absolute Gasteiger partial charge is 0.361 e. The molecule has 4 aromatic carbocycles. The van der Waals surface area contributed by atoms with Crippen molar-refractivity contribution < 1.29 is 0 Å². The fraction of sp³-hybridized carbons (Fsp3) is 0. The van der Waals surface area contributed by atoms with Crippen molar-refractivity contribution in [3.8, 4) is 44.5 Å². The van der Waals surface area contributed by atoms with Crippen LogP contribution >= 0.6 is 0 Å². The molecule has 6 heterocycles. The van der Waals surface area contributed by atoms with Crippen LogP contribution in [0.5, 0.6) is 0 Å². The average molecular weight is 680 g/mol. The van der Waals surface area contributed by atoms with E-state index in [1.54, 1.807) is 0 Å². The summed E-state index contributed by atoms with van der Waals surface area (Å²) in [7, 11) is 0. The molecule has 0 saturated heterocycles. The summed E-state index contributed by atoms with van der Waals surface area (Å²) in [5.41, 5.74) is 17.9. The maximum atomic E-state index is 5.58. The number of aromatic amines is 3. The minimum absolute atomic E-state index is 0.878. The third kappa shape index (κ3) is 5.43. The van der Waals surface area contributed by atoms with Gasteiger partial charge in [0.15, 0.2) is 0 Å². The Labute approximate surface area is 306 Å². The molecule has 5 heteroatoms. The Kier molecular flexibility index (Phi) is 7.40. The van der Waals surface area contributed by atoms with Crippen LogP contribution in [0.15, 0.2) is 164 Å². The molecule has 0 radical (unpaired) electrons. The number of fused-ring (bicyclic) bond motifs is 8. The second-order valence-electron chi connectivity index (χ2n) is 13.2. The number of aromatic nitrogens is 5. The van der Waals surface area contributed by atoms with E-state index in [0.29, 0.717) is 0 Å². The lowest BCUT2D eigenvalue weighted by Gasteiger charge is -2.08. The van der Waals surface area contributed by atoms with Crippen LogP contribution in [0.4, 0.5) is 0 Å². The van der Waals surface area contributed by atoms with Gasteiger partial charge in [0.25, 0.3) is 0 Å². The summed E-state index contributed by atoms with van der Waals surface area (Å²) in [4.78, 5) is 22.2. The minimum atomic E-state index is 0.878. The Hall–Kier alpha value is -7.24. The summed E-state index contributed by atoms with van der Waals surface area (Å²) in [5.74, 6) is 0. The third-order valence-electron chi connectivity index (χ3n) is 10.0. The first-order valence-electron chi connectivity index (χ1n) is 17.8. The maximum Gasteiger partial charge on any atom is 0.0830 e. The van der Waals surface area contributed by atoms with E-state index in [2.05, 4.69) is 185 Å². The van der Waals surface area contributed by atoms with Gasteiger partial charge < -0.3 is 15.0 Å². The first-order chi connectivity index (χ1) is 26.3. The highest BCUT2D eigenvalue weighted by Crippen LogP contribution is 2.41. The van der Waals surface area contributed by atoms with E-state index < -0.39 is 0 Å². The van der Waals surface area contributed by atoms with Gasteiger partial charge in [0.05, 0.1) is 22.8 Å². The molecule has 8 bridgehead atoms. The topological polar surface area (TPSA) is 73.2 Å². The summed E-state index contributed by atoms with van der Waals surface area (Å²) in [6.07, 6.45) is 8.47. The van der Waals surface area contributed by atoms with Crippen LogP contribution in [0.2, 0.25) is 0 Å². The molecule has 0 saturated carbocycles. The average Bonchev–Trinajstić information content (AvgIpc) is 4.07. The first kappa shape index (κ1) is 30.6. The number of hydrogen-bond acceptors (Lipinski definition) is 2. The second kappa shape index (κ2) is 12.8. The fourth-order valence-electron chi connectivity index (χ4n) is 7.62. The molecule has 8 aromatic rings. The number of benzene rings is 4. The molecule has 0 fully saturated rings. The summed E-state index contributed by atoms with van der Waals surface area (Å²) < 4.78 is 0. The quantitative estimate of drug-likeness (QED) is 0.169. The van der Waals surface area contributed by atoms with Crippen LogP contribution in [0, 0.1) is 0 Å². The Morgan fingerprint density at radius 2 is 0.774 bits per heavy atom. The van der Waals surface area contributed by atoms with Gasteiger partial charge >= 0.3 is 0 Å². The van der Waals surface area contributed by atoms with Gasteiger partial charge in [-0.05, 0) is 76.9 Å². The highest BCUT2D eigenvalue weighted by molar-refractivity contribution is 6.04. The van der Waals surface area contributed by atoms with E-state index in [-0.39, 0.29) is 0 Å². The van der Waals surface area contributed by atoms with E-state index in [1.807, 2.05) is 12.3 Å². The van der Waals surface area contributed by atoms with E-state index in [4.69, 9.17) is 9.97 Å². The number of rotatable bonds is 5. The number of nitrogens with one attached hydrogen (secondary N) is 3. The lowest BCUT2D eigenvalue weighted by atomic mass is 9.98. The number of hydrogen-bond donors (Lipinski definition) is 3. The molecule has 0 aliphatic carbocycles. The van der Waals surface area contributed by atoms with Crippen molar-refractivity contribution in [1.29, 1.82) is 0 Å². The zero-order valence-corrected chi connectivity index (χ0v) is 28.7. The minimum Gasteiger partial charge on any atom is -0.361 e. The fourth-order valence-corrected chi connectivity index (χ4v) is 7.62. The first-order valence-corrected chi connectivity index (χ1v) is 17.8. The zero-order valence-electron chi connectivity index (χ0n) is 28.7. The summed E-state index contributed by atoms with van der Waals surface area (Å²) >= 11 is 0.